The van der Waals surface area contributed by atoms with Gasteiger partial charge in [-0.1, -0.05) is 26.2 Å². The lowest BCUT2D eigenvalue weighted by molar-refractivity contribution is 0.684. The highest BCUT2D eigenvalue weighted by Gasteiger charge is 1.97. The quantitative estimate of drug-likeness (QED) is 0.705. The first-order valence-electron chi connectivity index (χ1n) is 5.70. The molecule has 0 aliphatic carbocycles. The molecule has 0 saturated heterocycles. The van der Waals surface area contributed by atoms with Gasteiger partial charge in [0, 0.05) is 6.54 Å². The van der Waals surface area contributed by atoms with Crippen molar-refractivity contribution in [1.82, 2.24) is 4.98 Å². The SMILES string of the molecule is CCCCCCNc1cc(C)c(N)cn1. The molecule has 0 radical (unpaired) electrons. The molecule has 84 valence electrons. The molecule has 0 aliphatic rings. The summed E-state index contributed by atoms with van der Waals surface area (Å²) in [6.07, 6.45) is 6.80. The molecule has 0 spiro atoms. The van der Waals surface area contributed by atoms with Crippen molar-refractivity contribution in [1.29, 1.82) is 0 Å². The third kappa shape index (κ3) is 4.19. The fourth-order valence-electron chi connectivity index (χ4n) is 1.43. The van der Waals surface area contributed by atoms with Gasteiger partial charge in [-0.05, 0) is 25.0 Å². The van der Waals surface area contributed by atoms with Gasteiger partial charge in [0.25, 0.3) is 0 Å². The molecule has 1 aromatic rings. The van der Waals surface area contributed by atoms with Gasteiger partial charge in [-0.3, -0.25) is 0 Å². The normalized spacial score (nSPS) is 10.3. The Morgan fingerprint density at radius 1 is 1.33 bits per heavy atom. The number of nitrogens with one attached hydrogen (secondary N) is 1. The summed E-state index contributed by atoms with van der Waals surface area (Å²) in [6.45, 7) is 5.22. The summed E-state index contributed by atoms with van der Waals surface area (Å²) >= 11 is 0. The lowest BCUT2D eigenvalue weighted by Gasteiger charge is -2.07. The maximum Gasteiger partial charge on any atom is 0.126 e. The molecule has 3 heteroatoms. The van der Waals surface area contributed by atoms with E-state index in [4.69, 9.17) is 5.73 Å². The van der Waals surface area contributed by atoms with Crippen molar-refractivity contribution >= 4 is 11.5 Å². The van der Waals surface area contributed by atoms with Crippen LogP contribution in [0.4, 0.5) is 11.5 Å². The lowest BCUT2D eigenvalue weighted by Crippen LogP contribution is -2.04. The Kier molecular flexibility index (Phi) is 4.95. The average molecular weight is 207 g/mol. The van der Waals surface area contributed by atoms with Gasteiger partial charge in [0.05, 0.1) is 11.9 Å². The van der Waals surface area contributed by atoms with E-state index in [1.807, 2.05) is 13.0 Å². The number of unbranched alkanes of at least 4 members (excludes halogenated alkanes) is 3. The fraction of sp³-hybridized carbons (Fsp3) is 0.583. The Hall–Kier alpha value is -1.25. The fourth-order valence-corrected chi connectivity index (χ4v) is 1.43. The van der Waals surface area contributed by atoms with Crippen molar-refractivity contribution in [2.45, 2.75) is 39.5 Å². The number of pyridine rings is 1. The topological polar surface area (TPSA) is 50.9 Å². The van der Waals surface area contributed by atoms with E-state index in [1.54, 1.807) is 6.20 Å². The summed E-state index contributed by atoms with van der Waals surface area (Å²) in [5.74, 6) is 0.929. The third-order valence-corrected chi connectivity index (χ3v) is 2.49. The van der Waals surface area contributed by atoms with Crippen molar-refractivity contribution in [3.8, 4) is 0 Å². The molecule has 1 aromatic heterocycles. The second-order valence-electron chi connectivity index (χ2n) is 3.91. The van der Waals surface area contributed by atoms with Crippen LogP contribution in [-0.4, -0.2) is 11.5 Å². The van der Waals surface area contributed by atoms with Crippen LogP contribution in [0.25, 0.3) is 0 Å². The number of nitrogens with two attached hydrogens (primary N) is 1. The smallest absolute Gasteiger partial charge is 0.126 e. The van der Waals surface area contributed by atoms with Gasteiger partial charge in [-0.15, -0.1) is 0 Å². The zero-order chi connectivity index (χ0) is 11.1. The molecule has 0 bridgehead atoms. The second-order valence-corrected chi connectivity index (χ2v) is 3.91. The summed E-state index contributed by atoms with van der Waals surface area (Å²) in [6, 6.07) is 2.00. The molecule has 0 fully saturated rings. The van der Waals surface area contributed by atoms with Crippen LogP contribution in [0.15, 0.2) is 12.3 Å². The zero-order valence-electron chi connectivity index (χ0n) is 9.71. The lowest BCUT2D eigenvalue weighted by atomic mass is 10.2. The maximum absolute atomic E-state index is 5.69. The van der Waals surface area contributed by atoms with Gasteiger partial charge in [0.15, 0.2) is 0 Å². The summed E-state index contributed by atoms with van der Waals surface area (Å²) in [5.41, 5.74) is 7.53. The molecule has 1 rings (SSSR count). The van der Waals surface area contributed by atoms with Crippen molar-refractivity contribution in [2.75, 3.05) is 17.6 Å². The number of hydrogen-bond donors (Lipinski definition) is 2. The molecule has 0 atom stereocenters. The highest BCUT2D eigenvalue weighted by Crippen LogP contribution is 2.13. The summed E-state index contributed by atoms with van der Waals surface area (Å²) in [5, 5.41) is 3.30. The van der Waals surface area contributed by atoms with Crippen molar-refractivity contribution in [2.24, 2.45) is 0 Å². The minimum absolute atomic E-state index is 0.756. The van der Waals surface area contributed by atoms with Crippen LogP contribution in [0.5, 0.6) is 0 Å². The van der Waals surface area contributed by atoms with Crippen molar-refractivity contribution in [3.05, 3.63) is 17.8 Å². The number of nitrogen functional groups attached to an aromatic ring is 1. The molecule has 0 aliphatic heterocycles. The predicted molar refractivity (Wildman–Crippen MR) is 66.0 cm³/mol. The van der Waals surface area contributed by atoms with E-state index >= 15 is 0 Å². The standard InChI is InChI=1S/C12H21N3/c1-3-4-5-6-7-14-12-8-10(2)11(13)9-15-12/h8-9H,3-7,13H2,1-2H3,(H,14,15). The van der Waals surface area contributed by atoms with E-state index < -0.39 is 0 Å². The minimum Gasteiger partial charge on any atom is -0.397 e. The van der Waals surface area contributed by atoms with Crippen LogP contribution in [0.3, 0.4) is 0 Å². The number of nitrogens with zero attached hydrogens (tertiary/aromatic N) is 1. The van der Waals surface area contributed by atoms with Crippen molar-refractivity contribution < 1.29 is 0 Å². The van der Waals surface area contributed by atoms with Gasteiger partial charge in [-0.2, -0.15) is 0 Å². The number of hydrogen-bond acceptors (Lipinski definition) is 3. The highest BCUT2D eigenvalue weighted by molar-refractivity contribution is 5.50. The largest absolute Gasteiger partial charge is 0.397 e. The summed E-state index contributed by atoms with van der Waals surface area (Å²) < 4.78 is 0. The first-order valence-corrected chi connectivity index (χ1v) is 5.70. The highest BCUT2D eigenvalue weighted by atomic mass is 15.0. The molecule has 3 N–H and O–H groups in total. The van der Waals surface area contributed by atoms with Gasteiger partial charge in [0.1, 0.15) is 5.82 Å². The first kappa shape index (κ1) is 11.8. The Morgan fingerprint density at radius 2 is 2.13 bits per heavy atom. The van der Waals surface area contributed by atoms with Crippen LogP contribution in [0.1, 0.15) is 38.2 Å². The number of aryl methyl sites for hydroxylation is 1. The zero-order valence-corrected chi connectivity index (χ0v) is 9.71. The van der Waals surface area contributed by atoms with Crippen LogP contribution < -0.4 is 11.1 Å². The molecule has 0 unspecified atom stereocenters. The van der Waals surface area contributed by atoms with Crippen LogP contribution >= 0.6 is 0 Å². The van der Waals surface area contributed by atoms with E-state index in [9.17, 15) is 0 Å². The Balaban J connectivity index is 2.28. The monoisotopic (exact) mass is 207 g/mol. The summed E-state index contributed by atoms with van der Waals surface area (Å²) in [7, 11) is 0. The number of aromatic nitrogens is 1. The van der Waals surface area contributed by atoms with Gasteiger partial charge in [0.2, 0.25) is 0 Å². The Bertz CT molecular complexity index is 297. The molecular weight excluding hydrogens is 186 g/mol. The molecule has 3 nitrogen and oxygen atoms in total. The van der Waals surface area contributed by atoms with E-state index in [1.165, 1.54) is 25.7 Å². The molecule has 15 heavy (non-hydrogen) atoms. The second kappa shape index (κ2) is 6.27. The first-order chi connectivity index (χ1) is 7.24. The van der Waals surface area contributed by atoms with E-state index in [-0.39, 0.29) is 0 Å². The van der Waals surface area contributed by atoms with E-state index in [0.29, 0.717) is 0 Å². The number of anilines is 2. The molecule has 0 saturated carbocycles. The van der Waals surface area contributed by atoms with Gasteiger partial charge in [-0.25, -0.2) is 4.98 Å². The van der Waals surface area contributed by atoms with Gasteiger partial charge < -0.3 is 11.1 Å². The average Bonchev–Trinajstić information content (AvgIpc) is 2.23. The van der Waals surface area contributed by atoms with Gasteiger partial charge >= 0.3 is 0 Å². The third-order valence-electron chi connectivity index (χ3n) is 2.49. The van der Waals surface area contributed by atoms with Crippen LogP contribution in [0, 0.1) is 6.92 Å². The maximum atomic E-state index is 5.69. The predicted octanol–water partition coefficient (Wildman–Crippen LogP) is 2.96. The molecule has 0 amide bonds. The van der Waals surface area contributed by atoms with E-state index in [2.05, 4.69) is 17.2 Å². The van der Waals surface area contributed by atoms with Crippen LogP contribution in [-0.2, 0) is 0 Å². The minimum atomic E-state index is 0.756. The van der Waals surface area contributed by atoms with E-state index in [0.717, 1.165) is 23.6 Å². The summed E-state index contributed by atoms with van der Waals surface area (Å²) in [4.78, 5) is 4.22. The Labute approximate surface area is 92.1 Å². The number of rotatable bonds is 6. The Morgan fingerprint density at radius 3 is 2.80 bits per heavy atom. The molecule has 1 heterocycles. The molecular formula is C12H21N3. The van der Waals surface area contributed by atoms with Crippen molar-refractivity contribution in [3.63, 3.8) is 0 Å². The van der Waals surface area contributed by atoms with Crippen LogP contribution in [0.2, 0.25) is 0 Å². The molecule has 0 aromatic carbocycles.